The molecule has 0 unspecified atom stereocenters. The molecule has 0 N–H and O–H groups in total. The van der Waals surface area contributed by atoms with Crippen LogP contribution in [0.4, 0.5) is 0 Å². The molecular formula is C9H9ClN2. The first-order valence-corrected chi connectivity index (χ1v) is 3.59. The van der Waals surface area contributed by atoms with E-state index in [2.05, 4.69) is 18.0 Å². The van der Waals surface area contributed by atoms with Gasteiger partial charge in [-0.2, -0.15) is 0 Å². The smallest absolute Gasteiger partial charge is 0.330 e. The van der Waals surface area contributed by atoms with Gasteiger partial charge in [-0.3, -0.25) is 0 Å². The van der Waals surface area contributed by atoms with E-state index in [1.807, 2.05) is 35.1 Å². The largest absolute Gasteiger partial charge is 1.00 e. The Morgan fingerprint density at radius 2 is 2.00 bits per heavy atom. The van der Waals surface area contributed by atoms with E-state index < -0.39 is 0 Å². The summed E-state index contributed by atoms with van der Waals surface area (Å²) in [5.74, 6) is 0. The van der Waals surface area contributed by atoms with Gasteiger partial charge in [-0.15, -0.1) is 0 Å². The second kappa shape index (κ2) is 3.50. The van der Waals surface area contributed by atoms with E-state index in [9.17, 15) is 0 Å². The number of aromatic nitrogens is 2. The van der Waals surface area contributed by atoms with Gasteiger partial charge in [0.05, 0.1) is 12.4 Å². The third kappa shape index (κ3) is 1.38. The van der Waals surface area contributed by atoms with Crippen molar-refractivity contribution in [2.75, 3.05) is 0 Å². The highest BCUT2D eigenvalue weighted by Gasteiger charge is 2.02. The van der Waals surface area contributed by atoms with Gasteiger partial charge in [0.2, 0.25) is 0 Å². The molecule has 0 radical (unpaired) electrons. The van der Waals surface area contributed by atoms with Crippen LogP contribution in [0.2, 0.25) is 0 Å². The van der Waals surface area contributed by atoms with Gasteiger partial charge < -0.3 is 12.4 Å². The van der Waals surface area contributed by atoms with Crippen LogP contribution < -0.4 is 16.8 Å². The Morgan fingerprint density at radius 3 is 2.75 bits per heavy atom. The van der Waals surface area contributed by atoms with Crippen LogP contribution in [0.25, 0.3) is 5.65 Å². The molecule has 62 valence electrons. The van der Waals surface area contributed by atoms with Crippen LogP contribution in [0, 0.1) is 6.92 Å². The predicted octanol–water partition coefficient (Wildman–Crippen LogP) is -1.87. The van der Waals surface area contributed by atoms with E-state index in [1.165, 1.54) is 5.56 Å². The third-order valence-corrected chi connectivity index (χ3v) is 1.72. The minimum atomic E-state index is 0. The molecule has 2 aromatic heterocycles. The van der Waals surface area contributed by atoms with Crippen molar-refractivity contribution >= 4 is 5.65 Å². The maximum atomic E-state index is 4.24. The number of halogens is 1. The summed E-state index contributed by atoms with van der Waals surface area (Å²) in [6.07, 6.45) is 5.80. The molecule has 2 rings (SSSR count). The highest BCUT2D eigenvalue weighted by Crippen LogP contribution is 1.98. The van der Waals surface area contributed by atoms with Crippen LogP contribution in [0.3, 0.4) is 0 Å². The van der Waals surface area contributed by atoms with Crippen LogP contribution in [-0.4, -0.2) is 4.98 Å². The maximum Gasteiger partial charge on any atom is 0.330 e. The lowest BCUT2D eigenvalue weighted by Gasteiger charge is -1.90. The van der Waals surface area contributed by atoms with Crippen LogP contribution in [0.15, 0.2) is 36.8 Å². The number of fused-ring (bicyclic) bond motifs is 1. The number of pyridine rings is 1. The Hall–Kier alpha value is -1.15. The molecule has 0 saturated carbocycles. The number of rotatable bonds is 0. The first-order chi connectivity index (χ1) is 5.38. The highest BCUT2D eigenvalue weighted by molar-refractivity contribution is 5.37. The fourth-order valence-electron chi connectivity index (χ4n) is 1.16. The minimum Gasteiger partial charge on any atom is -1.00 e. The van der Waals surface area contributed by atoms with E-state index in [-0.39, 0.29) is 12.4 Å². The molecule has 0 bridgehead atoms. The van der Waals surface area contributed by atoms with Crippen molar-refractivity contribution in [2.45, 2.75) is 6.92 Å². The van der Waals surface area contributed by atoms with Gasteiger partial charge in [0, 0.05) is 11.6 Å². The van der Waals surface area contributed by atoms with Crippen LogP contribution in [-0.2, 0) is 0 Å². The number of hydrogen-bond donors (Lipinski definition) is 0. The summed E-state index contributed by atoms with van der Waals surface area (Å²) in [7, 11) is 0. The minimum absolute atomic E-state index is 0. The number of hydrogen-bond acceptors (Lipinski definition) is 1. The first kappa shape index (κ1) is 8.94. The lowest BCUT2D eigenvalue weighted by Crippen LogP contribution is -3.00. The Morgan fingerprint density at radius 1 is 1.25 bits per heavy atom. The fourth-order valence-corrected chi connectivity index (χ4v) is 1.16. The fraction of sp³-hybridized carbons (Fsp3) is 0.111. The molecule has 2 heterocycles. The predicted molar refractivity (Wildman–Crippen MR) is 42.1 cm³/mol. The van der Waals surface area contributed by atoms with Crippen molar-refractivity contribution < 1.29 is 16.8 Å². The maximum absolute atomic E-state index is 4.24. The molecular weight excluding hydrogens is 172 g/mol. The number of nitrogens with zero attached hydrogens (tertiary/aromatic N) is 2. The average molecular weight is 181 g/mol. The van der Waals surface area contributed by atoms with Crippen LogP contribution >= 0.6 is 0 Å². The summed E-state index contributed by atoms with van der Waals surface area (Å²) in [6.45, 7) is 2.06. The quantitative estimate of drug-likeness (QED) is 0.435. The molecule has 0 aromatic carbocycles. The lowest BCUT2D eigenvalue weighted by molar-refractivity contribution is -0.514. The molecule has 0 aliphatic rings. The monoisotopic (exact) mass is 180 g/mol. The summed E-state index contributed by atoms with van der Waals surface area (Å²) in [5, 5.41) is 0. The normalized spacial score (nSPS) is 9.42. The Kier molecular flexibility index (Phi) is 2.61. The molecule has 2 nitrogen and oxygen atoms in total. The van der Waals surface area contributed by atoms with E-state index in [0.29, 0.717) is 0 Å². The molecule has 12 heavy (non-hydrogen) atoms. The number of aryl methyl sites for hydroxylation is 1. The van der Waals surface area contributed by atoms with Crippen molar-refractivity contribution in [2.24, 2.45) is 0 Å². The molecule has 2 aromatic rings. The van der Waals surface area contributed by atoms with Gasteiger partial charge in [-0.05, 0) is 24.0 Å². The highest BCUT2D eigenvalue weighted by atomic mass is 35.5. The van der Waals surface area contributed by atoms with Gasteiger partial charge in [0.15, 0.2) is 0 Å². The van der Waals surface area contributed by atoms with E-state index in [1.54, 1.807) is 0 Å². The van der Waals surface area contributed by atoms with Gasteiger partial charge in [-0.1, -0.05) is 0 Å². The molecule has 3 heteroatoms. The molecule has 0 aliphatic heterocycles. The van der Waals surface area contributed by atoms with Gasteiger partial charge in [0.1, 0.15) is 6.20 Å². The van der Waals surface area contributed by atoms with E-state index in [4.69, 9.17) is 0 Å². The van der Waals surface area contributed by atoms with Gasteiger partial charge in [0.25, 0.3) is 0 Å². The molecule has 0 atom stereocenters. The van der Waals surface area contributed by atoms with Crippen molar-refractivity contribution in [3.63, 3.8) is 0 Å². The van der Waals surface area contributed by atoms with Crippen molar-refractivity contribution in [3.8, 4) is 0 Å². The van der Waals surface area contributed by atoms with Gasteiger partial charge >= 0.3 is 5.65 Å². The van der Waals surface area contributed by atoms with E-state index >= 15 is 0 Å². The SMILES string of the molecule is Cc1ccc[n+]2cccnc12.[Cl-]. The Balaban J connectivity index is 0.000000720. The second-order valence-corrected chi connectivity index (χ2v) is 2.54. The Bertz CT molecular complexity index is 382. The van der Waals surface area contributed by atoms with Crippen molar-refractivity contribution in [1.29, 1.82) is 0 Å². The van der Waals surface area contributed by atoms with E-state index in [0.717, 1.165) is 5.65 Å². The summed E-state index contributed by atoms with van der Waals surface area (Å²) in [4.78, 5) is 4.24. The Labute approximate surface area is 77.3 Å². The molecule has 0 amide bonds. The topological polar surface area (TPSA) is 17.0 Å². The first-order valence-electron chi connectivity index (χ1n) is 3.59. The summed E-state index contributed by atoms with van der Waals surface area (Å²) >= 11 is 0. The summed E-state index contributed by atoms with van der Waals surface area (Å²) in [6, 6.07) is 6.00. The van der Waals surface area contributed by atoms with Crippen molar-refractivity contribution in [1.82, 2.24) is 4.98 Å². The standard InChI is InChI=1S/C9H9N2.ClH/c1-8-4-2-6-11-7-3-5-10-9(8)11;/h2-7H,1H3;1H/q+1;/p-1. The second-order valence-electron chi connectivity index (χ2n) is 2.54. The van der Waals surface area contributed by atoms with Crippen molar-refractivity contribution in [3.05, 3.63) is 42.4 Å². The zero-order chi connectivity index (χ0) is 7.68. The molecule has 0 spiro atoms. The van der Waals surface area contributed by atoms with Crippen LogP contribution in [0.5, 0.6) is 0 Å². The summed E-state index contributed by atoms with van der Waals surface area (Å²) < 4.78 is 2.01. The zero-order valence-corrected chi connectivity index (χ0v) is 7.49. The molecule has 0 saturated heterocycles. The molecule has 0 aliphatic carbocycles. The average Bonchev–Trinajstić information content (AvgIpc) is 2.06. The molecule has 0 fully saturated rings. The lowest BCUT2D eigenvalue weighted by atomic mass is 10.3. The third-order valence-electron chi connectivity index (χ3n) is 1.72. The summed E-state index contributed by atoms with van der Waals surface area (Å²) in [5.41, 5.74) is 2.23. The van der Waals surface area contributed by atoms with Crippen LogP contribution in [0.1, 0.15) is 5.56 Å². The van der Waals surface area contributed by atoms with Gasteiger partial charge in [-0.25, -0.2) is 4.40 Å². The zero-order valence-electron chi connectivity index (χ0n) is 6.74.